The summed E-state index contributed by atoms with van der Waals surface area (Å²) >= 11 is 0. The van der Waals surface area contributed by atoms with Gasteiger partial charge in [-0.2, -0.15) is 0 Å². The van der Waals surface area contributed by atoms with E-state index in [0.717, 1.165) is 111 Å². The lowest BCUT2D eigenvalue weighted by atomic mass is 10.0. The molecule has 12 aromatic rings. The number of furan rings is 3. The SMILES string of the molecule is c1ccc(N(c2ccc3c(c2)oc2ccccc23)c2ccc(N(c3ccccc3)c3ccc4c(c3)oc3ccccc34)c3c2oc2cc4ccccc4cc23)cc1. The summed E-state index contributed by atoms with van der Waals surface area (Å²) in [4.78, 5) is 4.59. The van der Waals surface area contributed by atoms with E-state index in [0.29, 0.717) is 0 Å². The van der Waals surface area contributed by atoms with Crippen molar-refractivity contribution in [2.75, 3.05) is 9.80 Å². The lowest BCUT2D eigenvalue weighted by Crippen LogP contribution is -2.13. The maximum Gasteiger partial charge on any atom is 0.161 e. The summed E-state index contributed by atoms with van der Waals surface area (Å²) in [7, 11) is 0. The van der Waals surface area contributed by atoms with Crippen LogP contribution < -0.4 is 9.80 Å². The molecule has 0 saturated carbocycles. The molecule has 0 radical (unpaired) electrons. The van der Waals surface area contributed by atoms with Gasteiger partial charge in [-0.25, -0.2) is 0 Å². The van der Waals surface area contributed by atoms with Gasteiger partial charge >= 0.3 is 0 Å². The maximum absolute atomic E-state index is 7.11. The van der Waals surface area contributed by atoms with E-state index in [-0.39, 0.29) is 0 Å². The minimum Gasteiger partial charge on any atom is -0.456 e. The van der Waals surface area contributed by atoms with Gasteiger partial charge in [-0.1, -0.05) is 97.1 Å². The van der Waals surface area contributed by atoms with Crippen molar-refractivity contribution in [3.8, 4) is 0 Å². The fraction of sp³-hybridized carbons (Fsp3) is 0. The summed E-state index contributed by atoms with van der Waals surface area (Å²) in [5.74, 6) is 0. The quantitative estimate of drug-likeness (QED) is 0.170. The van der Waals surface area contributed by atoms with Crippen LogP contribution in [0.5, 0.6) is 0 Å². The van der Waals surface area contributed by atoms with E-state index in [4.69, 9.17) is 13.3 Å². The molecule has 3 heterocycles. The van der Waals surface area contributed by atoms with E-state index >= 15 is 0 Å². The lowest BCUT2D eigenvalue weighted by molar-refractivity contribution is 0.667. The first-order valence-corrected chi connectivity index (χ1v) is 19.2. The van der Waals surface area contributed by atoms with Crippen LogP contribution in [0.2, 0.25) is 0 Å². The first kappa shape index (κ1) is 31.6. The Morgan fingerprint density at radius 2 is 0.737 bits per heavy atom. The van der Waals surface area contributed by atoms with Gasteiger partial charge in [-0.15, -0.1) is 0 Å². The molecule has 0 bridgehead atoms. The Labute approximate surface area is 326 Å². The molecule has 57 heavy (non-hydrogen) atoms. The van der Waals surface area contributed by atoms with Gasteiger partial charge in [0.2, 0.25) is 0 Å². The number of rotatable bonds is 6. The van der Waals surface area contributed by atoms with E-state index in [9.17, 15) is 0 Å². The predicted octanol–water partition coefficient (Wildman–Crippen LogP) is 15.5. The topological polar surface area (TPSA) is 45.9 Å². The molecule has 0 spiro atoms. The Morgan fingerprint density at radius 3 is 1.33 bits per heavy atom. The van der Waals surface area contributed by atoms with Crippen LogP contribution in [0.25, 0.3) is 76.6 Å². The highest BCUT2D eigenvalue weighted by atomic mass is 16.3. The number of hydrogen-bond donors (Lipinski definition) is 0. The second kappa shape index (κ2) is 12.4. The zero-order valence-corrected chi connectivity index (χ0v) is 30.6. The summed E-state index contributed by atoms with van der Waals surface area (Å²) in [6.45, 7) is 0. The molecular weight excluding hydrogens is 701 g/mol. The van der Waals surface area contributed by atoms with E-state index in [2.05, 4.69) is 174 Å². The van der Waals surface area contributed by atoms with Crippen molar-refractivity contribution >= 4 is 111 Å². The summed E-state index contributed by atoms with van der Waals surface area (Å²) in [6, 6.07) is 67.7. The molecule has 0 atom stereocenters. The maximum atomic E-state index is 7.11. The Bertz CT molecular complexity index is 3490. The molecule has 0 unspecified atom stereocenters. The van der Waals surface area contributed by atoms with Gasteiger partial charge in [0, 0.05) is 56.1 Å². The molecule has 5 heteroatoms. The number of benzene rings is 9. The molecule has 0 aliphatic heterocycles. The van der Waals surface area contributed by atoms with Gasteiger partial charge in [0.25, 0.3) is 0 Å². The van der Waals surface area contributed by atoms with E-state index in [1.807, 2.05) is 30.3 Å². The third kappa shape index (κ3) is 4.96. The van der Waals surface area contributed by atoms with Crippen LogP contribution in [0.15, 0.2) is 207 Å². The molecule has 0 saturated heterocycles. The monoisotopic (exact) mass is 732 g/mol. The molecule has 3 aromatic heterocycles. The highest BCUT2D eigenvalue weighted by Crippen LogP contribution is 2.50. The molecule has 0 fully saturated rings. The summed E-state index contributed by atoms with van der Waals surface area (Å²) in [5.41, 5.74) is 10.9. The zero-order chi connectivity index (χ0) is 37.5. The van der Waals surface area contributed by atoms with Crippen LogP contribution >= 0.6 is 0 Å². The third-order valence-corrected chi connectivity index (χ3v) is 11.2. The van der Waals surface area contributed by atoms with Gasteiger partial charge < -0.3 is 23.1 Å². The second-order valence-corrected chi connectivity index (χ2v) is 14.5. The minimum atomic E-state index is 0.775. The Hall–Kier alpha value is -7.76. The molecule has 12 rings (SSSR count). The standard InChI is InChI=1S/C52H32N2O3/c1-3-15-35(16-4-1)53(37-23-25-41-39-19-9-11-21-46(39)55-49(41)31-37)44-27-28-45(52-51(44)43-29-33-13-7-8-14-34(33)30-48(43)57-52)54(36-17-5-2-6-18-36)38-24-26-42-40-20-10-12-22-47(40)56-50(42)32-38/h1-32H. The average molecular weight is 733 g/mol. The first-order valence-electron chi connectivity index (χ1n) is 19.2. The Kier molecular flexibility index (Phi) is 6.86. The van der Waals surface area contributed by atoms with Crippen molar-refractivity contribution in [2.45, 2.75) is 0 Å². The van der Waals surface area contributed by atoms with E-state index < -0.39 is 0 Å². The summed E-state index contributed by atoms with van der Waals surface area (Å²) < 4.78 is 20.0. The van der Waals surface area contributed by atoms with Gasteiger partial charge in [0.1, 0.15) is 27.9 Å². The van der Waals surface area contributed by atoms with Crippen molar-refractivity contribution < 1.29 is 13.3 Å². The predicted molar refractivity (Wildman–Crippen MR) is 235 cm³/mol. The highest BCUT2D eigenvalue weighted by molar-refractivity contribution is 6.20. The average Bonchev–Trinajstić information content (AvgIpc) is 3.95. The Balaban J connectivity index is 1.15. The summed E-state index contributed by atoms with van der Waals surface area (Å²) in [5, 5.41) is 8.68. The van der Waals surface area contributed by atoms with Crippen LogP contribution in [0.1, 0.15) is 0 Å². The van der Waals surface area contributed by atoms with Crippen molar-refractivity contribution in [3.63, 3.8) is 0 Å². The van der Waals surface area contributed by atoms with Crippen molar-refractivity contribution in [2.24, 2.45) is 0 Å². The van der Waals surface area contributed by atoms with Crippen LogP contribution in [0.3, 0.4) is 0 Å². The largest absolute Gasteiger partial charge is 0.456 e. The second-order valence-electron chi connectivity index (χ2n) is 14.5. The smallest absolute Gasteiger partial charge is 0.161 e. The fourth-order valence-electron chi connectivity index (χ4n) is 8.61. The van der Waals surface area contributed by atoms with Crippen LogP contribution in [-0.2, 0) is 0 Å². The molecule has 0 aliphatic carbocycles. The molecular formula is C52H32N2O3. The number of anilines is 6. The summed E-state index contributed by atoms with van der Waals surface area (Å²) in [6.07, 6.45) is 0. The number of nitrogens with zero attached hydrogens (tertiary/aromatic N) is 2. The lowest BCUT2D eigenvalue weighted by Gasteiger charge is -2.29. The molecule has 268 valence electrons. The fourth-order valence-corrected chi connectivity index (χ4v) is 8.61. The van der Waals surface area contributed by atoms with E-state index in [1.165, 1.54) is 0 Å². The number of para-hydroxylation sites is 4. The molecule has 0 amide bonds. The zero-order valence-electron chi connectivity index (χ0n) is 30.6. The van der Waals surface area contributed by atoms with Crippen molar-refractivity contribution in [1.82, 2.24) is 0 Å². The normalized spacial score (nSPS) is 11.9. The van der Waals surface area contributed by atoms with Crippen LogP contribution in [0.4, 0.5) is 34.1 Å². The van der Waals surface area contributed by atoms with Crippen LogP contribution in [0, 0.1) is 0 Å². The van der Waals surface area contributed by atoms with E-state index in [1.54, 1.807) is 0 Å². The van der Waals surface area contributed by atoms with Gasteiger partial charge in [0.05, 0.1) is 22.4 Å². The molecule has 5 nitrogen and oxygen atoms in total. The van der Waals surface area contributed by atoms with Gasteiger partial charge in [-0.3, -0.25) is 0 Å². The molecule has 0 N–H and O–H groups in total. The van der Waals surface area contributed by atoms with Gasteiger partial charge in [-0.05, 0) is 95.7 Å². The first-order chi connectivity index (χ1) is 28.2. The van der Waals surface area contributed by atoms with Crippen molar-refractivity contribution in [3.05, 3.63) is 194 Å². The minimum absolute atomic E-state index is 0.775. The van der Waals surface area contributed by atoms with Gasteiger partial charge in [0.15, 0.2) is 5.58 Å². The third-order valence-electron chi connectivity index (χ3n) is 11.2. The highest BCUT2D eigenvalue weighted by Gasteiger charge is 2.26. The molecule has 0 aliphatic rings. The number of fused-ring (bicyclic) bond motifs is 10. The number of hydrogen-bond acceptors (Lipinski definition) is 5. The van der Waals surface area contributed by atoms with Crippen molar-refractivity contribution in [1.29, 1.82) is 0 Å². The Morgan fingerprint density at radius 1 is 0.281 bits per heavy atom. The van der Waals surface area contributed by atoms with Crippen LogP contribution in [-0.4, -0.2) is 0 Å². The molecule has 9 aromatic carbocycles.